The number of benzene rings is 1. The summed E-state index contributed by atoms with van der Waals surface area (Å²) in [6.07, 6.45) is -9.08. The van der Waals surface area contributed by atoms with Crippen LogP contribution in [0.3, 0.4) is 0 Å². The van der Waals surface area contributed by atoms with Gasteiger partial charge in [-0.1, -0.05) is 18.2 Å². The number of hydrogen-bond donors (Lipinski definition) is 0. The molecule has 1 aromatic carbocycles. The van der Waals surface area contributed by atoms with Crippen LogP contribution in [0.1, 0.15) is 11.3 Å². The van der Waals surface area contributed by atoms with Gasteiger partial charge in [0.2, 0.25) is 0 Å². The fraction of sp³-hybridized carbons (Fsp3) is 0.143. The van der Waals surface area contributed by atoms with Gasteiger partial charge in [0.1, 0.15) is 5.69 Å². The first-order valence-corrected chi connectivity index (χ1v) is 5.40. The van der Waals surface area contributed by atoms with Crippen LogP contribution in [-0.4, -0.2) is 4.98 Å². The molecule has 0 aliphatic rings. The minimum atomic E-state index is -4.60. The van der Waals surface area contributed by atoms with E-state index >= 15 is 0 Å². The summed E-state index contributed by atoms with van der Waals surface area (Å²) in [4.78, 5) is 3.40. The quantitative estimate of drug-likeness (QED) is 0.476. The summed E-state index contributed by atoms with van der Waals surface area (Å²) in [5, 5.41) is 0. The Balaban J connectivity index is 0.00000220. The summed E-state index contributed by atoms with van der Waals surface area (Å²) in [5.41, 5.74) is -1.80. The monoisotopic (exact) mass is 395 g/mol. The molecule has 0 amide bonds. The Morgan fingerprint density at radius 3 is 1.73 bits per heavy atom. The number of pyridine rings is 1. The van der Waals surface area contributed by atoms with Crippen molar-refractivity contribution in [2.45, 2.75) is 12.4 Å². The van der Waals surface area contributed by atoms with Crippen LogP contribution in [0.4, 0.5) is 26.3 Å². The molecule has 0 N–H and O–H groups in total. The van der Waals surface area contributed by atoms with E-state index in [-0.39, 0.29) is 51.4 Å². The first-order chi connectivity index (χ1) is 9.18. The zero-order valence-corrected chi connectivity index (χ0v) is 14.2. The normalized spacial score (nSPS) is 11.4. The van der Waals surface area contributed by atoms with Crippen LogP contribution in [0, 0.1) is 7.43 Å². The fourth-order valence-electron chi connectivity index (χ4n) is 1.58. The molecule has 0 fully saturated rings. The average molecular weight is 395 g/mol. The molecule has 8 heteroatoms. The van der Waals surface area contributed by atoms with Gasteiger partial charge < -0.3 is 7.43 Å². The predicted molar refractivity (Wildman–Crippen MR) is 66.1 cm³/mol. The molecule has 2 aromatic rings. The zero-order chi connectivity index (χ0) is 15.0. The van der Waals surface area contributed by atoms with Crippen molar-refractivity contribution in [3.63, 3.8) is 0 Å². The molecule has 0 spiro atoms. The van der Waals surface area contributed by atoms with Crippen molar-refractivity contribution in [2.75, 3.05) is 0 Å². The molecular weight excluding hydrogens is 385 g/mol. The molecule has 1 radical (unpaired) electrons. The molecule has 0 unspecified atom stereocenters. The maximum atomic E-state index is 12.5. The Hall–Kier alpha value is -0.946. The Labute approximate surface area is 148 Å². The second kappa shape index (κ2) is 7.55. The van der Waals surface area contributed by atoms with Crippen molar-refractivity contribution in [1.29, 1.82) is 0 Å². The topological polar surface area (TPSA) is 12.9 Å². The van der Waals surface area contributed by atoms with Crippen molar-refractivity contribution in [3.8, 4) is 11.3 Å². The molecule has 117 valence electrons. The van der Waals surface area contributed by atoms with Crippen LogP contribution in [-0.2, 0) is 45.1 Å². The minimum absolute atomic E-state index is 0. The molecule has 22 heavy (non-hydrogen) atoms. The summed E-state index contributed by atoms with van der Waals surface area (Å²) in [5.74, 6) is 0. The third-order valence-corrected chi connectivity index (χ3v) is 2.55. The molecule has 0 saturated heterocycles. The molecule has 1 nitrogen and oxygen atoms in total. The van der Waals surface area contributed by atoms with E-state index in [0.29, 0.717) is 0 Å². The van der Waals surface area contributed by atoms with E-state index < -0.39 is 23.6 Å². The predicted octanol–water partition coefficient (Wildman–Crippen LogP) is 5.23. The first kappa shape index (κ1) is 21.1. The van der Waals surface area contributed by atoms with Gasteiger partial charge in [-0.3, -0.25) is 0 Å². The number of aromatic nitrogens is 1. The molecular formula is C14H10F6NY-. The van der Waals surface area contributed by atoms with Gasteiger partial charge in [0, 0.05) is 38.3 Å². The maximum Gasteiger partial charge on any atom is 0.433 e. The first-order valence-electron chi connectivity index (χ1n) is 5.40. The molecule has 1 heterocycles. The Morgan fingerprint density at radius 2 is 1.27 bits per heavy atom. The van der Waals surface area contributed by atoms with Crippen LogP contribution in [0.2, 0.25) is 0 Å². The van der Waals surface area contributed by atoms with Gasteiger partial charge in [0.05, 0.1) is 11.3 Å². The van der Waals surface area contributed by atoms with E-state index in [1.165, 1.54) is 6.07 Å². The van der Waals surface area contributed by atoms with Gasteiger partial charge in [0.25, 0.3) is 0 Å². The van der Waals surface area contributed by atoms with Gasteiger partial charge in [-0.05, 0) is 24.3 Å². The molecule has 0 saturated carbocycles. The summed E-state index contributed by atoms with van der Waals surface area (Å²) < 4.78 is 74.6. The molecule has 0 atom stereocenters. The minimum Gasteiger partial charge on any atom is -0.358 e. The van der Waals surface area contributed by atoms with Gasteiger partial charge in [-0.2, -0.15) is 26.3 Å². The van der Waals surface area contributed by atoms with Crippen molar-refractivity contribution < 1.29 is 59.1 Å². The average Bonchev–Trinajstić information content (AvgIpc) is 2.37. The molecule has 0 bridgehead atoms. The van der Waals surface area contributed by atoms with Gasteiger partial charge in [-0.25, -0.2) is 4.98 Å². The number of nitrogens with zero attached hydrogens (tertiary/aromatic N) is 1. The third-order valence-electron chi connectivity index (χ3n) is 2.55. The fourth-order valence-corrected chi connectivity index (χ4v) is 1.58. The van der Waals surface area contributed by atoms with E-state index in [2.05, 4.69) is 4.98 Å². The van der Waals surface area contributed by atoms with Crippen LogP contribution in [0.5, 0.6) is 0 Å². The molecule has 0 aliphatic carbocycles. The molecule has 2 rings (SSSR count). The third kappa shape index (κ3) is 5.05. The Morgan fingerprint density at radius 1 is 0.727 bits per heavy atom. The zero-order valence-electron chi connectivity index (χ0n) is 11.3. The standard InChI is InChI=1S/C13H7F6N.CH3.Y/c14-12(15,16)9-6-4-8(5-7-9)10-2-1-3-11(20-10)13(17,18)19;;/h1-7H;1H3;/q;-1;. The number of halogens is 6. The van der Waals surface area contributed by atoms with E-state index in [9.17, 15) is 26.3 Å². The number of rotatable bonds is 1. The number of alkyl halides is 6. The number of hydrogen-bond acceptors (Lipinski definition) is 1. The SMILES string of the molecule is FC(F)(F)c1ccc(-c2cccc(C(F)(F)F)n2)cc1.[CH3-].[Y]. The molecule has 0 aliphatic heterocycles. The van der Waals surface area contributed by atoms with Crippen LogP contribution < -0.4 is 0 Å². The maximum absolute atomic E-state index is 12.5. The Bertz CT molecular complexity index is 604. The summed E-state index contributed by atoms with van der Waals surface area (Å²) in [6, 6.07) is 7.04. The van der Waals surface area contributed by atoms with Crippen molar-refractivity contribution in [3.05, 3.63) is 61.1 Å². The second-order valence-corrected chi connectivity index (χ2v) is 3.98. The van der Waals surface area contributed by atoms with E-state index in [0.717, 1.165) is 36.4 Å². The van der Waals surface area contributed by atoms with Crippen molar-refractivity contribution in [1.82, 2.24) is 4.98 Å². The summed E-state index contributed by atoms with van der Waals surface area (Å²) in [7, 11) is 0. The van der Waals surface area contributed by atoms with Crippen molar-refractivity contribution >= 4 is 0 Å². The van der Waals surface area contributed by atoms with Crippen molar-refractivity contribution in [2.24, 2.45) is 0 Å². The summed E-state index contributed by atoms with van der Waals surface area (Å²) in [6.45, 7) is 0. The van der Waals surface area contributed by atoms with E-state index in [1.54, 1.807) is 0 Å². The van der Waals surface area contributed by atoms with Gasteiger partial charge >= 0.3 is 12.4 Å². The molecule has 1 aromatic heterocycles. The van der Waals surface area contributed by atoms with E-state index in [4.69, 9.17) is 0 Å². The van der Waals surface area contributed by atoms with Gasteiger partial charge in [0.15, 0.2) is 0 Å². The Kier molecular flexibility index (Phi) is 7.23. The van der Waals surface area contributed by atoms with E-state index in [1.807, 2.05) is 0 Å². The van der Waals surface area contributed by atoms with Crippen LogP contribution >= 0.6 is 0 Å². The van der Waals surface area contributed by atoms with Crippen LogP contribution in [0.25, 0.3) is 11.3 Å². The second-order valence-electron chi connectivity index (χ2n) is 3.98. The summed E-state index contributed by atoms with van der Waals surface area (Å²) >= 11 is 0. The largest absolute Gasteiger partial charge is 0.433 e. The van der Waals surface area contributed by atoms with Gasteiger partial charge in [-0.15, -0.1) is 0 Å². The smallest absolute Gasteiger partial charge is 0.358 e. The van der Waals surface area contributed by atoms with Crippen LogP contribution in [0.15, 0.2) is 42.5 Å².